The number of carbonyl (C=O) groups excluding carboxylic acids is 2. The number of carbonyl (C=O) groups is 2. The maximum atomic E-state index is 13.0. The van der Waals surface area contributed by atoms with Gasteiger partial charge in [0, 0.05) is 17.6 Å². The van der Waals surface area contributed by atoms with E-state index in [2.05, 4.69) is 28.2 Å². The molecule has 2 amide bonds. The Hall–Kier alpha value is -2.05. The van der Waals surface area contributed by atoms with Crippen LogP contribution in [0, 0.1) is 6.92 Å². The molecule has 0 bridgehead atoms. The van der Waals surface area contributed by atoms with Gasteiger partial charge in [0.05, 0.1) is 5.02 Å². The average Bonchev–Trinajstić information content (AvgIpc) is 2.71. The van der Waals surface area contributed by atoms with E-state index in [4.69, 9.17) is 16.3 Å². The van der Waals surface area contributed by atoms with Crippen LogP contribution in [-0.2, 0) is 16.1 Å². The van der Waals surface area contributed by atoms with Crippen LogP contribution in [-0.4, -0.2) is 35.9 Å². The molecule has 0 spiro atoms. The standard InChI is InChI=1S/C23H28BrClN2O3/c1-4-5-11-26-23(29)17(3)27(14-18-8-6-7-16(2)12-18)22(28)15-30-21-10-9-19(24)13-20(21)25/h6-10,12-13,17H,4-5,11,14-15H2,1-3H3,(H,26,29). The van der Waals surface area contributed by atoms with Crippen LogP contribution >= 0.6 is 27.5 Å². The molecule has 0 aliphatic heterocycles. The molecule has 2 rings (SSSR count). The summed E-state index contributed by atoms with van der Waals surface area (Å²) in [7, 11) is 0. The zero-order chi connectivity index (χ0) is 22.1. The zero-order valence-electron chi connectivity index (χ0n) is 17.6. The van der Waals surface area contributed by atoms with E-state index in [0.29, 0.717) is 23.9 Å². The van der Waals surface area contributed by atoms with Crippen molar-refractivity contribution in [3.05, 3.63) is 63.1 Å². The summed E-state index contributed by atoms with van der Waals surface area (Å²) >= 11 is 9.52. The van der Waals surface area contributed by atoms with Gasteiger partial charge in [-0.2, -0.15) is 0 Å². The fourth-order valence-corrected chi connectivity index (χ4v) is 3.67. The summed E-state index contributed by atoms with van der Waals surface area (Å²) in [5, 5.41) is 3.32. The molecule has 1 unspecified atom stereocenters. The van der Waals surface area contributed by atoms with Crippen molar-refractivity contribution in [3.8, 4) is 5.75 Å². The molecule has 162 valence electrons. The molecule has 0 radical (unpaired) electrons. The molecule has 2 aromatic carbocycles. The van der Waals surface area contributed by atoms with Crippen molar-refractivity contribution in [3.63, 3.8) is 0 Å². The molecule has 7 heteroatoms. The molecule has 0 saturated heterocycles. The molecule has 0 saturated carbocycles. The molecular weight excluding hydrogens is 468 g/mol. The fraction of sp³-hybridized carbons (Fsp3) is 0.391. The van der Waals surface area contributed by atoms with Crippen LogP contribution in [0.2, 0.25) is 5.02 Å². The molecule has 30 heavy (non-hydrogen) atoms. The Bertz CT molecular complexity index is 875. The lowest BCUT2D eigenvalue weighted by atomic mass is 10.1. The molecule has 2 aromatic rings. The van der Waals surface area contributed by atoms with Gasteiger partial charge in [0.2, 0.25) is 5.91 Å². The zero-order valence-corrected chi connectivity index (χ0v) is 19.9. The number of unbranched alkanes of at least 4 members (excludes halogenated alkanes) is 1. The normalized spacial score (nSPS) is 11.6. The number of nitrogens with one attached hydrogen (secondary N) is 1. The molecule has 0 aromatic heterocycles. The van der Waals surface area contributed by atoms with Gasteiger partial charge in [-0.1, -0.05) is 70.7 Å². The van der Waals surface area contributed by atoms with Gasteiger partial charge in [0.1, 0.15) is 11.8 Å². The highest BCUT2D eigenvalue weighted by Gasteiger charge is 2.26. The van der Waals surface area contributed by atoms with Gasteiger partial charge in [-0.3, -0.25) is 9.59 Å². The monoisotopic (exact) mass is 494 g/mol. The van der Waals surface area contributed by atoms with Crippen LogP contribution in [0.15, 0.2) is 46.9 Å². The predicted octanol–water partition coefficient (Wildman–Crippen LogP) is 5.12. The maximum absolute atomic E-state index is 13.0. The number of aryl methyl sites for hydroxylation is 1. The molecule has 0 aliphatic rings. The van der Waals surface area contributed by atoms with Crippen molar-refractivity contribution in [2.75, 3.05) is 13.2 Å². The lowest BCUT2D eigenvalue weighted by molar-refractivity contribution is -0.142. The highest BCUT2D eigenvalue weighted by atomic mass is 79.9. The minimum absolute atomic E-state index is 0.175. The van der Waals surface area contributed by atoms with Crippen molar-refractivity contribution < 1.29 is 14.3 Å². The molecule has 1 N–H and O–H groups in total. The van der Waals surface area contributed by atoms with E-state index in [1.807, 2.05) is 31.2 Å². The number of nitrogens with zero attached hydrogens (tertiary/aromatic N) is 1. The van der Waals surface area contributed by atoms with Gasteiger partial charge in [0.25, 0.3) is 5.91 Å². The first-order valence-electron chi connectivity index (χ1n) is 10.0. The molecular formula is C23H28BrClN2O3. The fourth-order valence-electron chi connectivity index (χ4n) is 2.94. The minimum atomic E-state index is -0.626. The smallest absolute Gasteiger partial charge is 0.261 e. The lowest BCUT2D eigenvalue weighted by Gasteiger charge is -2.29. The highest BCUT2D eigenvalue weighted by Crippen LogP contribution is 2.27. The Morgan fingerprint density at radius 2 is 2.00 bits per heavy atom. The second-order valence-electron chi connectivity index (χ2n) is 7.19. The summed E-state index contributed by atoms with van der Waals surface area (Å²) in [6, 6.07) is 12.5. The minimum Gasteiger partial charge on any atom is -0.482 e. The van der Waals surface area contributed by atoms with Gasteiger partial charge < -0.3 is 15.0 Å². The third-order valence-electron chi connectivity index (χ3n) is 4.68. The molecule has 0 fully saturated rings. The number of hydrogen-bond acceptors (Lipinski definition) is 3. The summed E-state index contributed by atoms with van der Waals surface area (Å²) < 4.78 is 6.47. The number of hydrogen-bond donors (Lipinski definition) is 1. The van der Waals surface area contributed by atoms with E-state index in [-0.39, 0.29) is 18.4 Å². The van der Waals surface area contributed by atoms with Crippen molar-refractivity contribution in [2.45, 2.75) is 46.2 Å². The largest absolute Gasteiger partial charge is 0.482 e. The van der Waals surface area contributed by atoms with E-state index < -0.39 is 6.04 Å². The summed E-state index contributed by atoms with van der Waals surface area (Å²) in [6.07, 6.45) is 1.89. The number of amides is 2. The van der Waals surface area contributed by atoms with Crippen LogP contribution in [0.3, 0.4) is 0 Å². The van der Waals surface area contributed by atoms with E-state index in [0.717, 1.165) is 28.4 Å². The Labute approximate surface area is 191 Å². The topological polar surface area (TPSA) is 58.6 Å². The second kappa shape index (κ2) is 12.0. The Morgan fingerprint density at radius 3 is 2.67 bits per heavy atom. The van der Waals surface area contributed by atoms with E-state index in [9.17, 15) is 9.59 Å². The average molecular weight is 496 g/mol. The first-order chi connectivity index (χ1) is 14.3. The first kappa shape index (κ1) is 24.2. The number of benzene rings is 2. The highest BCUT2D eigenvalue weighted by molar-refractivity contribution is 9.10. The van der Waals surface area contributed by atoms with Gasteiger partial charge >= 0.3 is 0 Å². The second-order valence-corrected chi connectivity index (χ2v) is 8.52. The van der Waals surface area contributed by atoms with Crippen molar-refractivity contribution >= 4 is 39.3 Å². The summed E-state index contributed by atoms with van der Waals surface area (Å²) in [6.45, 7) is 6.50. The SMILES string of the molecule is CCCCNC(=O)C(C)N(Cc1cccc(C)c1)C(=O)COc1ccc(Br)cc1Cl. The Morgan fingerprint density at radius 1 is 1.23 bits per heavy atom. The molecule has 0 aliphatic carbocycles. The third-order valence-corrected chi connectivity index (χ3v) is 5.47. The maximum Gasteiger partial charge on any atom is 0.261 e. The molecule has 5 nitrogen and oxygen atoms in total. The predicted molar refractivity (Wildman–Crippen MR) is 124 cm³/mol. The van der Waals surface area contributed by atoms with Crippen molar-refractivity contribution in [2.24, 2.45) is 0 Å². The van der Waals surface area contributed by atoms with Gasteiger partial charge in [-0.25, -0.2) is 0 Å². The van der Waals surface area contributed by atoms with Crippen molar-refractivity contribution in [1.29, 1.82) is 0 Å². The quantitative estimate of drug-likeness (QED) is 0.465. The Balaban J connectivity index is 2.13. The number of rotatable bonds is 10. The van der Waals surface area contributed by atoms with Crippen LogP contribution in [0.5, 0.6) is 5.75 Å². The van der Waals surface area contributed by atoms with Crippen LogP contribution < -0.4 is 10.1 Å². The summed E-state index contributed by atoms with van der Waals surface area (Å²) in [4.78, 5) is 27.2. The number of ether oxygens (including phenoxy) is 1. The summed E-state index contributed by atoms with van der Waals surface area (Å²) in [5.74, 6) is -0.0384. The van der Waals surface area contributed by atoms with Gasteiger partial charge in [-0.05, 0) is 44.0 Å². The molecule has 1 atom stereocenters. The van der Waals surface area contributed by atoms with Gasteiger partial charge in [0.15, 0.2) is 6.61 Å². The lowest BCUT2D eigenvalue weighted by Crippen LogP contribution is -2.49. The van der Waals surface area contributed by atoms with E-state index in [1.165, 1.54) is 0 Å². The van der Waals surface area contributed by atoms with Gasteiger partial charge in [-0.15, -0.1) is 0 Å². The van der Waals surface area contributed by atoms with Crippen LogP contribution in [0.25, 0.3) is 0 Å². The first-order valence-corrected chi connectivity index (χ1v) is 11.2. The van der Waals surface area contributed by atoms with Crippen LogP contribution in [0.1, 0.15) is 37.8 Å². The van der Waals surface area contributed by atoms with Crippen LogP contribution in [0.4, 0.5) is 0 Å². The van der Waals surface area contributed by atoms with E-state index >= 15 is 0 Å². The number of halogens is 2. The van der Waals surface area contributed by atoms with Crippen molar-refractivity contribution in [1.82, 2.24) is 10.2 Å². The third kappa shape index (κ3) is 7.33. The Kier molecular flexibility index (Phi) is 9.66. The van der Waals surface area contributed by atoms with E-state index in [1.54, 1.807) is 30.0 Å². The summed E-state index contributed by atoms with van der Waals surface area (Å²) in [5.41, 5.74) is 2.05. The molecule has 0 heterocycles.